The molecule has 0 aliphatic heterocycles. The van der Waals surface area contributed by atoms with Gasteiger partial charge < -0.3 is 9.72 Å². The van der Waals surface area contributed by atoms with E-state index in [-0.39, 0.29) is 16.1 Å². The van der Waals surface area contributed by atoms with Crippen molar-refractivity contribution in [1.82, 2.24) is 9.97 Å². The zero-order valence-corrected chi connectivity index (χ0v) is 9.79. The fraction of sp³-hybridized carbons (Fsp3) is 0. The maximum absolute atomic E-state index is 12.9. The molecule has 88 valence electrons. The van der Waals surface area contributed by atoms with Crippen LogP contribution in [-0.4, -0.2) is 9.97 Å². The van der Waals surface area contributed by atoms with E-state index in [0.717, 1.165) is 18.5 Å². The maximum atomic E-state index is 12.9. The van der Waals surface area contributed by atoms with E-state index in [1.54, 1.807) is 0 Å². The number of aromatic amines is 1. The highest BCUT2D eigenvalue weighted by Crippen LogP contribution is 2.25. The summed E-state index contributed by atoms with van der Waals surface area (Å²) in [6.45, 7) is 0. The summed E-state index contributed by atoms with van der Waals surface area (Å²) in [6, 6.07) is 2.68. The van der Waals surface area contributed by atoms with E-state index in [4.69, 9.17) is 4.74 Å². The van der Waals surface area contributed by atoms with Crippen molar-refractivity contribution < 1.29 is 13.5 Å². The van der Waals surface area contributed by atoms with Crippen LogP contribution in [-0.2, 0) is 0 Å². The molecule has 0 aliphatic rings. The Labute approximate surface area is 102 Å². The van der Waals surface area contributed by atoms with Crippen LogP contribution in [0.3, 0.4) is 0 Å². The van der Waals surface area contributed by atoms with Gasteiger partial charge in [0.25, 0.3) is 5.56 Å². The van der Waals surface area contributed by atoms with E-state index in [1.807, 2.05) is 0 Å². The van der Waals surface area contributed by atoms with Crippen molar-refractivity contribution in [1.29, 1.82) is 0 Å². The molecule has 7 heteroatoms. The lowest BCUT2D eigenvalue weighted by molar-refractivity contribution is 0.446. The number of hydrogen-bond donors (Lipinski definition) is 1. The molecule has 0 amide bonds. The highest BCUT2D eigenvalue weighted by atomic mass is 79.9. The molecule has 1 heterocycles. The maximum Gasteiger partial charge on any atom is 0.268 e. The van der Waals surface area contributed by atoms with E-state index in [0.29, 0.717) is 6.07 Å². The third-order valence-corrected chi connectivity index (χ3v) is 2.51. The monoisotopic (exact) mass is 302 g/mol. The normalized spacial score (nSPS) is 10.3. The zero-order chi connectivity index (χ0) is 12.4. The number of nitrogens with zero attached hydrogens (tertiary/aromatic N) is 1. The Balaban J connectivity index is 2.38. The minimum absolute atomic E-state index is 0.0460. The third-order valence-electron chi connectivity index (χ3n) is 1.82. The molecule has 1 N–H and O–H groups in total. The average molecular weight is 303 g/mol. The van der Waals surface area contributed by atoms with Crippen molar-refractivity contribution in [3.63, 3.8) is 0 Å². The summed E-state index contributed by atoms with van der Waals surface area (Å²) in [7, 11) is 0. The average Bonchev–Trinajstić information content (AvgIpc) is 2.23. The number of aromatic nitrogens is 2. The van der Waals surface area contributed by atoms with E-state index in [9.17, 15) is 13.6 Å². The molecular weight excluding hydrogens is 298 g/mol. The zero-order valence-electron chi connectivity index (χ0n) is 8.21. The van der Waals surface area contributed by atoms with Crippen molar-refractivity contribution in [3.05, 3.63) is 51.0 Å². The molecule has 1 aromatic heterocycles. The van der Waals surface area contributed by atoms with E-state index in [2.05, 4.69) is 25.9 Å². The summed E-state index contributed by atoms with van der Waals surface area (Å²) in [6.07, 6.45) is 1.12. The van der Waals surface area contributed by atoms with Gasteiger partial charge >= 0.3 is 0 Å². The Morgan fingerprint density at radius 1 is 1.24 bits per heavy atom. The molecule has 0 spiro atoms. The Morgan fingerprint density at radius 3 is 2.53 bits per heavy atom. The summed E-state index contributed by atoms with van der Waals surface area (Å²) >= 11 is 2.96. The fourth-order valence-electron chi connectivity index (χ4n) is 1.14. The first kappa shape index (κ1) is 11.7. The number of H-pyrrole nitrogens is 1. The predicted molar refractivity (Wildman–Crippen MR) is 59.0 cm³/mol. The number of nitrogens with one attached hydrogen (secondary N) is 1. The van der Waals surface area contributed by atoms with Crippen molar-refractivity contribution in [2.24, 2.45) is 0 Å². The predicted octanol–water partition coefficient (Wildman–Crippen LogP) is 2.60. The lowest BCUT2D eigenvalue weighted by Gasteiger charge is -2.05. The van der Waals surface area contributed by atoms with Crippen molar-refractivity contribution in [3.8, 4) is 11.6 Å². The minimum atomic E-state index is -0.777. The first-order valence-electron chi connectivity index (χ1n) is 4.43. The lowest BCUT2D eigenvalue weighted by atomic mass is 10.3. The first-order valence-corrected chi connectivity index (χ1v) is 5.22. The molecular formula is C10H5BrF2N2O2. The molecule has 0 saturated heterocycles. The molecule has 0 aliphatic carbocycles. The van der Waals surface area contributed by atoms with Crippen LogP contribution >= 0.6 is 15.9 Å². The van der Waals surface area contributed by atoms with Gasteiger partial charge in [-0.15, -0.1) is 0 Å². The summed E-state index contributed by atoms with van der Waals surface area (Å²) in [5.41, 5.74) is -0.452. The Morgan fingerprint density at radius 2 is 1.88 bits per heavy atom. The van der Waals surface area contributed by atoms with Gasteiger partial charge in [0, 0.05) is 18.2 Å². The van der Waals surface area contributed by atoms with Gasteiger partial charge in [-0.05, 0) is 15.9 Å². The van der Waals surface area contributed by atoms with E-state index in [1.165, 1.54) is 0 Å². The van der Waals surface area contributed by atoms with Gasteiger partial charge in [0.1, 0.15) is 21.9 Å². The molecule has 1 aromatic carbocycles. The number of benzene rings is 1. The van der Waals surface area contributed by atoms with Crippen molar-refractivity contribution in [2.75, 3.05) is 0 Å². The smallest absolute Gasteiger partial charge is 0.268 e. The van der Waals surface area contributed by atoms with Crippen LogP contribution in [0.4, 0.5) is 8.78 Å². The second-order valence-corrected chi connectivity index (χ2v) is 3.85. The second-order valence-electron chi connectivity index (χ2n) is 3.06. The highest BCUT2D eigenvalue weighted by molar-refractivity contribution is 9.10. The second kappa shape index (κ2) is 4.62. The Hall–Kier alpha value is -1.76. The van der Waals surface area contributed by atoms with Crippen LogP contribution in [0.1, 0.15) is 0 Å². The number of hydrogen-bond acceptors (Lipinski definition) is 3. The molecule has 4 nitrogen and oxygen atoms in total. The van der Waals surface area contributed by atoms with Crippen LogP contribution in [0.2, 0.25) is 0 Å². The molecule has 2 aromatic rings. The third kappa shape index (κ3) is 2.68. The summed E-state index contributed by atoms with van der Waals surface area (Å²) in [5, 5.41) is 0. The van der Waals surface area contributed by atoms with Gasteiger partial charge in [-0.2, -0.15) is 0 Å². The minimum Gasteiger partial charge on any atom is -0.437 e. The largest absolute Gasteiger partial charge is 0.437 e. The van der Waals surface area contributed by atoms with Crippen LogP contribution in [0.15, 0.2) is 33.8 Å². The van der Waals surface area contributed by atoms with E-state index < -0.39 is 17.2 Å². The molecule has 0 saturated carbocycles. The molecule has 0 atom stereocenters. The van der Waals surface area contributed by atoms with Crippen molar-refractivity contribution >= 4 is 15.9 Å². The summed E-state index contributed by atoms with van der Waals surface area (Å²) in [5.74, 6) is -1.71. The number of ether oxygens (including phenoxy) is 1. The van der Waals surface area contributed by atoms with Gasteiger partial charge in [0.05, 0.1) is 6.33 Å². The number of halogens is 3. The molecule has 2 rings (SSSR count). The van der Waals surface area contributed by atoms with Gasteiger partial charge in [-0.1, -0.05) is 0 Å². The highest BCUT2D eigenvalue weighted by Gasteiger charge is 2.09. The molecule has 0 unspecified atom stereocenters. The first-order chi connectivity index (χ1) is 8.06. The topological polar surface area (TPSA) is 55.0 Å². The van der Waals surface area contributed by atoms with E-state index >= 15 is 0 Å². The van der Waals surface area contributed by atoms with Gasteiger partial charge in [0.2, 0.25) is 5.88 Å². The van der Waals surface area contributed by atoms with Crippen LogP contribution in [0.5, 0.6) is 11.6 Å². The quantitative estimate of drug-likeness (QED) is 0.928. The van der Waals surface area contributed by atoms with Gasteiger partial charge in [-0.3, -0.25) is 4.79 Å². The lowest BCUT2D eigenvalue weighted by Crippen LogP contribution is -2.08. The van der Waals surface area contributed by atoms with Crippen LogP contribution < -0.4 is 10.3 Å². The molecule has 0 fully saturated rings. The fourth-order valence-corrected chi connectivity index (χ4v) is 1.43. The van der Waals surface area contributed by atoms with Crippen molar-refractivity contribution in [2.45, 2.75) is 0 Å². The Kier molecular flexibility index (Phi) is 3.19. The van der Waals surface area contributed by atoms with Crippen LogP contribution in [0, 0.1) is 11.6 Å². The molecule has 0 bridgehead atoms. The summed E-state index contributed by atoms with van der Waals surface area (Å²) in [4.78, 5) is 17.2. The number of rotatable bonds is 2. The standard InChI is InChI=1S/C10H5BrF2N2O2/c11-8-9(16)14-4-15-10(8)17-7-2-5(12)1-6(13)3-7/h1-4H,(H,14,15,16). The van der Waals surface area contributed by atoms with Gasteiger partial charge in [-0.25, -0.2) is 13.8 Å². The Bertz CT molecular complexity index is 595. The molecule has 0 radical (unpaired) electrons. The van der Waals surface area contributed by atoms with Crippen LogP contribution in [0.25, 0.3) is 0 Å². The summed E-state index contributed by atoms with van der Waals surface area (Å²) < 4.78 is 30.9. The SMILES string of the molecule is O=c1[nH]cnc(Oc2cc(F)cc(F)c2)c1Br. The van der Waals surface area contributed by atoms with Gasteiger partial charge in [0.15, 0.2) is 0 Å². The molecule has 17 heavy (non-hydrogen) atoms.